The normalized spacial score (nSPS) is 9.91. The minimum atomic E-state index is -0.709. The van der Waals surface area contributed by atoms with Gasteiger partial charge in [0.15, 0.2) is 0 Å². The zero-order valence-corrected chi connectivity index (χ0v) is 26.9. The Balaban J connectivity index is 0.000000823. The Hall–Kier alpha value is -3.77. The average molecular weight is 632 g/mol. The van der Waals surface area contributed by atoms with Crippen LogP contribution in [0.5, 0.6) is 11.5 Å². The number of carboxylic acids is 1. The Bertz CT molecular complexity index is 1090. The van der Waals surface area contributed by atoms with Crippen LogP contribution in [0.25, 0.3) is 0 Å². The predicted octanol–water partition coefficient (Wildman–Crippen LogP) is 7.82. The summed E-state index contributed by atoms with van der Waals surface area (Å²) in [5.41, 5.74) is 6.73. The Morgan fingerprint density at radius 3 is 1.61 bits per heavy atom. The summed E-state index contributed by atoms with van der Waals surface area (Å²) in [5, 5.41) is 24.5. The predicted molar refractivity (Wildman–Crippen MR) is 176 cm³/mol. The molecule has 0 atom stereocenters. The zero-order chi connectivity index (χ0) is 31.5. The third-order valence-electron chi connectivity index (χ3n) is 6.55. The maximum atomic E-state index is 11.1. The number of rotatable bonds is 22. The number of aliphatic carboxylic acids is 1. The number of esters is 1. The molecule has 2 aromatic carbocycles. The second kappa shape index (κ2) is 26.8. The van der Waals surface area contributed by atoms with E-state index in [9.17, 15) is 9.59 Å². The number of nitriles is 1. The number of nitrogens with one attached hydrogen (secondary N) is 1. The Morgan fingerprint density at radius 1 is 0.750 bits per heavy atom. The number of benzene rings is 2. The number of halogens is 1. The van der Waals surface area contributed by atoms with Crippen molar-refractivity contribution < 1.29 is 28.9 Å². The fraction of sp³-hybridized carbons (Fsp3) is 0.529. The van der Waals surface area contributed by atoms with Crippen molar-refractivity contribution in [1.82, 2.24) is 0 Å². The van der Waals surface area contributed by atoms with Crippen molar-refractivity contribution in [2.45, 2.75) is 96.8 Å². The molecule has 244 valence electrons. The van der Waals surface area contributed by atoms with Crippen molar-refractivity contribution in [3.63, 3.8) is 0 Å². The number of ether oxygens (including phenoxy) is 3. The summed E-state index contributed by atoms with van der Waals surface area (Å²) in [6, 6.07) is 16.5. The number of unbranched alkanes of at least 4 members (excludes halogenated alkanes) is 10. The van der Waals surface area contributed by atoms with Gasteiger partial charge in [0.1, 0.15) is 17.3 Å². The molecule has 0 bridgehead atoms. The number of nitrogens with two attached hydrogens (primary N) is 1. The molecule has 0 aliphatic carbocycles. The van der Waals surface area contributed by atoms with Gasteiger partial charge < -0.3 is 25.1 Å². The zero-order valence-electron chi connectivity index (χ0n) is 26.1. The SMILES string of the molecule is CCOC(=O)CCCCCCCCOc1ccc(C#N)cc1.Cl.N=C(N)c1ccc(OCCCCCCCCC(=O)O)cc1. The monoisotopic (exact) mass is 631 g/mol. The van der Waals surface area contributed by atoms with Gasteiger partial charge in [-0.1, -0.05) is 51.4 Å². The fourth-order valence-electron chi connectivity index (χ4n) is 4.13. The number of amidine groups is 1. The molecule has 10 heteroatoms. The quantitative estimate of drug-likeness (QED) is 0.0514. The molecule has 0 aliphatic rings. The van der Waals surface area contributed by atoms with Crippen molar-refractivity contribution in [3.05, 3.63) is 59.7 Å². The summed E-state index contributed by atoms with van der Waals surface area (Å²) in [6.45, 7) is 3.68. The number of nitrogen functional groups attached to an aromatic ring is 1. The first-order valence-electron chi connectivity index (χ1n) is 15.4. The molecule has 0 fully saturated rings. The summed E-state index contributed by atoms with van der Waals surface area (Å²) in [7, 11) is 0. The molecule has 2 aromatic rings. The topological polar surface area (TPSA) is 156 Å². The van der Waals surface area contributed by atoms with Crippen LogP contribution in [0.2, 0.25) is 0 Å². The van der Waals surface area contributed by atoms with E-state index in [2.05, 4.69) is 6.07 Å². The number of hydrogen-bond acceptors (Lipinski definition) is 7. The Morgan fingerprint density at radius 2 is 1.18 bits per heavy atom. The minimum absolute atomic E-state index is 0. The van der Waals surface area contributed by atoms with Gasteiger partial charge in [-0.05, 0) is 81.1 Å². The lowest BCUT2D eigenvalue weighted by atomic mass is 10.1. The van der Waals surface area contributed by atoms with Crippen molar-refractivity contribution in [2.75, 3.05) is 19.8 Å². The summed E-state index contributed by atoms with van der Waals surface area (Å²) < 4.78 is 16.1. The van der Waals surface area contributed by atoms with Crippen molar-refractivity contribution in [3.8, 4) is 17.6 Å². The molecule has 44 heavy (non-hydrogen) atoms. The van der Waals surface area contributed by atoms with E-state index in [0.717, 1.165) is 82.1 Å². The van der Waals surface area contributed by atoms with Crippen LogP contribution in [-0.4, -0.2) is 42.7 Å². The second-order valence-electron chi connectivity index (χ2n) is 10.2. The van der Waals surface area contributed by atoms with Gasteiger partial charge in [0.2, 0.25) is 0 Å². The Kier molecular flexibility index (Phi) is 24.5. The first-order chi connectivity index (χ1) is 20.8. The maximum absolute atomic E-state index is 11.1. The smallest absolute Gasteiger partial charge is 0.305 e. The van der Waals surface area contributed by atoms with Crippen LogP contribution in [0.3, 0.4) is 0 Å². The first kappa shape index (κ1) is 40.2. The number of carbonyl (C=O) groups excluding carboxylic acids is 1. The minimum Gasteiger partial charge on any atom is -0.494 e. The lowest BCUT2D eigenvalue weighted by Gasteiger charge is -2.07. The third kappa shape index (κ3) is 21.9. The van der Waals surface area contributed by atoms with E-state index in [4.69, 9.17) is 35.7 Å². The van der Waals surface area contributed by atoms with Crippen LogP contribution in [-0.2, 0) is 14.3 Å². The molecule has 0 amide bonds. The molecule has 9 nitrogen and oxygen atoms in total. The molecule has 0 radical (unpaired) electrons. The molecule has 0 unspecified atom stereocenters. The molecule has 0 spiro atoms. The van der Waals surface area contributed by atoms with E-state index < -0.39 is 5.97 Å². The van der Waals surface area contributed by atoms with Gasteiger partial charge in [-0.3, -0.25) is 15.0 Å². The largest absolute Gasteiger partial charge is 0.494 e. The highest BCUT2D eigenvalue weighted by molar-refractivity contribution is 5.94. The highest BCUT2D eigenvalue weighted by Crippen LogP contribution is 2.14. The number of carbonyl (C=O) groups is 2. The van der Waals surface area contributed by atoms with E-state index in [1.54, 1.807) is 24.3 Å². The fourth-order valence-corrected chi connectivity index (χ4v) is 4.13. The lowest BCUT2D eigenvalue weighted by molar-refractivity contribution is -0.143. The van der Waals surface area contributed by atoms with Crippen molar-refractivity contribution >= 4 is 30.2 Å². The van der Waals surface area contributed by atoms with E-state index in [-0.39, 0.29) is 30.6 Å². The third-order valence-corrected chi connectivity index (χ3v) is 6.55. The van der Waals surface area contributed by atoms with E-state index in [1.807, 2.05) is 31.2 Å². The van der Waals surface area contributed by atoms with Crippen molar-refractivity contribution in [1.29, 1.82) is 10.7 Å². The average Bonchev–Trinajstić information content (AvgIpc) is 3.00. The maximum Gasteiger partial charge on any atom is 0.305 e. The highest BCUT2D eigenvalue weighted by atomic mass is 35.5. The van der Waals surface area contributed by atoms with Gasteiger partial charge >= 0.3 is 11.9 Å². The molecule has 0 aromatic heterocycles. The van der Waals surface area contributed by atoms with Gasteiger partial charge in [0.25, 0.3) is 0 Å². The van der Waals surface area contributed by atoms with Crippen LogP contribution in [0.1, 0.15) is 108 Å². The van der Waals surface area contributed by atoms with Gasteiger partial charge in [-0.15, -0.1) is 12.4 Å². The van der Waals surface area contributed by atoms with Gasteiger partial charge in [-0.25, -0.2) is 0 Å². The van der Waals surface area contributed by atoms with Gasteiger partial charge in [0, 0.05) is 18.4 Å². The Labute approximate surface area is 269 Å². The molecule has 4 N–H and O–H groups in total. The standard InChI is InChI=1S/C18H25NO3.C16H24N2O3.ClH/c1-2-21-18(20)9-7-5-3-4-6-8-14-22-17-12-10-16(15-19)11-13-17;17-16(18)13-8-10-14(11-9-13)21-12-6-4-2-1-3-5-7-15(19)20;/h10-13H,2-9,14H2,1H3;8-11H,1-7,12H2,(H3,17,18)(H,19,20);1H. The highest BCUT2D eigenvalue weighted by Gasteiger charge is 2.01. The van der Waals surface area contributed by atoms with Crippen LogP contribution in [0.4, 0.5) is 0 Å². The summed E-state index contributed by atoms with van der Waals surface area (Å²) in [4.78, 5) is 21.5. The lowest BCUT2D eigenvalue weighted by Crippen LogP contribution is -2.10. The summed E-state index contributed by atoms with van der Waals surface area (Å²) in [6.07, 6.45) is 13.3. The summed E-state index contributed by atoms with van der Waals surface area (Å²) >= 11 is 0. The van der Waals surface area contributed by atoms with Gasteiger partial charge in [-0.2, -0.15) is 5.26 Å². The van der Waals surface area contributed by atoms with Crippen molar-refractivity contribution in [2.24, 2.45) is 5.73 Å². The molecule has 0 saturated heterocycles. The summed E-state index contributed by atoms with van der Waals surface area (Å²) in [5.74, 6) is 0.872. The van der Waals surface area contributed by atoms with Crippen LogP contribution >= 0.6 is 12.4 Å². The number of carboxylic acid groups (broad SMARTS) is 1. The molecular weight excluding hydrogens is 582 g/mol. The number of hydrogen-bond donors (Lipinski definition) is 3. The first-order valence-corrected chi connectivity index (χ1v) is 15.4. The van der Waals surface area contributed by atoms with Crippen LogP contribution in [0, 0.1) is 16.7 Å². The molecule has 0 aliphatic heterocycles. The van der Waals surface area contributed by atoms with Crippen LogP contribution < -0.4 is 15.2 Å². The molecular formula is C34H50ClN3O6. The van der Waals surface area contributed by atoms with E-state index >= 15 is 0 Å². The molecule has 0 heterocycles. The van der Waals surface area contributed by atoms with Gasteiger partial charge in [0.05, 0.1) is 31.5 Å². The van der Waals surface area contributed by atoms with E-state index in [0.29, 0.717) is 37.4 Å². The van der Waals surface area contributed by atoms with E-state index in [1.165, 1.54) is 6.42 Å². The second-order valence-corrected chi connectivity index (χ2v) is 10.2. The molecule has 0 saturated carbocycles. The molecule has 2 rings (SSSR count). The van der Waals surface area contributed by atoms with Crippen LogP contribution in [0.15, 0.2) is 48.5 Å². The number of nitrogens with zero attached hydrogens (tertiary/aromatic N) is 1.